The summed E-state index contributed by atoms with van der Waals surface area (Å²) in [7, 11) is 3.08. The van der Waals surface area contributed by atoms with Crippen LogP contribution in [-0.4, -0.2) is 75.0 Å². The van der Waals surface area contributed by atoms with Crippen LogP contribution in [0.15, 0.2) is 54.6 Å². The summed E-state index contributed by atoms with van der Waals surface area (Å²) in [5.41, 5.74) is -0.434. The first kappa shape index (κ1) is 32.7. The van der Waals surface area contributed by atoms with Crippen molar-refractivity contribution in [3.8, 4) is 11.5 Å². The second-order valence-corrected chi connectivity index (χ2v) is 11.0. The lowest BCUT2D eigenvalue weighted by molar-refractivity contribution is -0.193. The number of para-hydroxylation sites is 2. The normalized spacial score (nSPS) is 18.3. The van der Waals surface area contributed by atoms with Crippen LogP contribution in [0.3, 0.4) is 0 Å². The number of rotatable bonds is 7. The summed E-state index contributed by atoms with van der Waals surface area (Å²) < 4.78 is 59.8. The minimum Gasteiger partial charge on any atom is -0.496 e. The van der Waals surface area contributed by atoms with Gasteiger partial charge in [0, 0.05) is 18.4 Å². The molecule has 0 aliphatic carbocycles. The van der Waals surface area contributed by atoms with Crippen molar-refractivity contribution in [2.24, 2.45) is 0 Å². The molecular formula is C32H32F3N3O8. The number of hydrogen-bond donors (Lipinski definition) is 2. The van der Waals surface area contributed by atoms with Crippen LogP contribution in [-0.2, 0) is 30.4 Å². The van der Waals surface area contributed by atoms with E-state index in [0.717, 1.165) is 0 Å². The molecule has 5 rings (SSSR count). The summed E-state index contributed by atoms with van der Waals surface area (Å²) in [6, 6.07) is 12.4. The molecule has 3 aromatic carbocycles. The van der Waals surface area contributed by atoms with E-state index >= 15 is 0 Å². The Bertz CT molecular complexity index is 1670. The summed E-state index contributed by atoms with van der Waals surface area (Å²) >= 11 is 0. The van der Waals surface area contributed by atoms with Gasteiger partial charge >= 0.3 is 18.1 Å². The van der Waals surface area contributed by atoms with Gasteiger partial charge in [-0.25, -0.2) is 9.59 Å². The third-order valence-corrected chi connectivity index (χ3v) is 8.24. The topological polar surface area (TPSA) is 133 Å². The molecule has 0 unspecified atom stereocenters. The fourth-order valence-corrected chi connectivity index (χ4v) is 5.62. The number of fused-ring (bicyclic) bond motifs is 2. The van der Waals surface area contributed by atoms with Crippen molar-refractivity contribution in [2.75, 3.05) is 32.3 Å². The Hall–Kier alpha value is -4.69. The lowest BCUT2D eigenvalue weighted by Gasteiger charge is -2.41. The van der Waals surface area contributed by atoms with Gasteiger partial charge in [0.15, 0.2) is 0 Å². The van der Waals surface area contributed by atoms with E-state index in [1.807, 2.05) is 0 Å². The van der Waals surface area contributed by atoms with E-state index in [9.17, 15) is 32.3 Å². The predicted octanol–water partition coefficient (Wildman–Crippen LogP) is 3.66. The Morgan fingerprint density at radius 1 is 1.09 bits per heavy atom. The van der Waals surface area contributed by atoms with Crippen molar-refractivity contribution >= 4 is 40.2 Å². The van der Waals surface area contributed by atoms with Crippen molar-refractivity contribution in [3.05, 3.63) is 65.7 Å². The predicted molar refractivity (Wildman–Crippen MR) is 158 cm³/mol. The smallest absolute Gasteiger partial charge is 0.491 e. The molecule has 3 aromatic rings. The summed E-state index contributed by atoms with van der Waals surface area (Å²) in [5, 5.41) is 6.72. The molecule has 2 aliphatic rings. The van der Waals surface area contributed by atoms with Crippen molar-refractivity contribution in [1.29, 1.82) is 0 Å². The Labute approximate surface area is 261 Å². The molecule has 2 heterocycles. The largest absolute Gasteiger partial charge is 0.496 e. The zero-order valence-corrected chi connectivity index (χ0v) is 25.2. The number of hydrogen-bond acceptors (Lipinski definition) is 9. The van der Waals surface area contributed by atoms with E-state index < -0.39 is 47.6 Å². The highest BCUT2D eigenvalue weighted by molar-refractivity contribution is 6.04. The molecular weight excluding hydrogens is 611 g/mol. The van der Waals surface area contributed by atoms with Crippen molar-refractivity contribution in [1.82, 2.24) is 10.6 Å². The molecule has 2 N–H and O–H groups in total. The molecule has 244 valence electrons. The number of likely N-dealkylation sites (N-methyl/N-ethyl adjacent to an activating group) is 1. The van der Waals surface area contributed by atoms with Crippen LogP contribution in [0.2, 0.25) is 0 Å². The van der Waals surface area contributed by atoms with Gasteiger partial charge < -0.3 is 34.5 Å². The number of esters is 2. The summed E-state index contributed by atoms with van der Waals surface area (Å²) in [5.74, 6) is -4.11. The molecule has 0 saturated carbocycles. The number of carbonyl (C=O) groups excluding carboxylic acids is 4. The average molecular weight is 644 g/mol. The third-order valence-electron chi connectivity index (χ3n) is 8.24. The fourth-order valence-electron chi connectivity index (χ4n) is 5.62. The highest BCUT2D eigenvalue weighted by atomic mass is 19.4. The number of amides is 2. The zero-order valence-electron chi connectivity index (χ0n) is 25.2. The Morgan fingerprint density at radius 3 is 2.48 bits per heavy atom. The summed E-state index contributed by atoms with van der Waals surface area (Å²) in [4.78, 5) is 52.9. The van der Waals surface area contributed by atoms with Crippen molar-refractivity contribution in [3.63, 3.8) is 0 Å². The van der Waals surface area contributed by atoms with E-state index in [2.05, 4.69) is 15.4 Å². The average Bonchev–Trinajstić information content (AvgIpc) is 3.13. The number of nitrogens with one attached hydrogen (secondary N) is 2. The Balaban J connectivity index is 1.58. The molecule has 1 spiro atoms. The van der Waals surface area contributed by atoms with Crippen molar-refractivity contribution in [2.45, 2.75) is 50.2 Å². The van der Waals surface area contributed by atoms with Crippen LogP contribution in [0.1, 0.15) is 35.7 Å². The van der Waals surface area contributed by atoms with Gasteiger partial charge in [0.05, 0.1) is 44.2 Å². The minimum atomic E-state index is -5.33. The van der Waals surface area contributed by atoms with Gasteiger partial charge in [-0.3, -0.25) is 9.59 Å². The molecule has 0 aromatic heterocycles. The second kappa shape index (κ2) is 13.0. The van der Waals surface area contributed by atoms with Gasteiger partial charge in [0.25, 0.3) is 5.91 Å². The fraction of sp³-hybridized carbons (Fsp3) is 0.375. The number of methoxy groups -OCH3 is 1. The highest BCUT2D eigenvalue weighted by Gasteiger charge is 2.52. The zero-order chi connectivity index (χ0) is 33.2. The lowest BCUT2D eigenvalue weighted by atomic mass is 9.84. The van der Waals surface area contributed by atoms with E-state index in [1.54, 1.807) is 50.4 Å². The maximum atomic E-state index is 14.6. The first-order valence-corrected chi connectivity index (χ1v) is 14.5. The van der Waals surface area contributed by atoms with E-state index in [4.69, 9.17) is 14.2 Å². The van der Waals surface area contributed by atoms with Gasteiger partial charge in [-0.2, -0.15) is 13.2 Å². The van der Waals surface area contributed by atoms with Crippen molar-refractivity contribution < 1.29 is 51.3 Å². The maximum absolute atomic E-state index is 14.6. The molecule has 11 nitrogen and oxygen atoms in total. The SMILES string of the molecule is CN[C@@H](C)C(=O)N[C@@H]1C(=O)N(Cc2c(OC)ccc3cc(C(=O)OC(=O)C(F)(F)F)ccc23)c2ccccc2OC12CCOCC2. The van der Waals surface area contributed by atoms with Gasteiger partial charge in [0.2, 0.25) is 5.91 Å². The number of halogens is 3. The first-order valence-electron chi connectivity index (χ1n) is 14.5. The summed E-state index contributed by atoms with van der Waals surface area (Å²) in [6.45, 7) is 2.24. The quantitative estimate of drug-likeness (QED) is 0.293. The van der Waals surface area contributed by atoms with Crippen LogP contribution in [0.25, 0.3) is 10.8 Å². The molecule has 0 radical (unpaired) electrons. The molecule has 2 atom stereocenters. The summed E-state index contributed by atoms with van der Waals surface area (Å²) in [6.07, 6.45) is -4.65. The van der Waals surface area contributed by atoms with Crippen LogP contribution in [0.5, 0.6) is 11.5 Å². The van der Waals surface area contributed by atoms with Gasteiger partial charge in [0.1, 0.15) is 23.1 Å². The first-order chi connectivity index (χ1) is 21.9. The number of benzene rings is 3. The minimum absolute atomic E-state index is 0.0728. The number of alkyl halides is 3. The lowest BCUT2D eigenvalue weighted by Crippen LogP contribution is -2.65. The van der Waals surface area contributed by atoms with Gasteiger partial charge in [-0.05, 0) is 55.1 Å². The number of ether oxygens (including phenoxy) is 4. The maximum Gasteiger partial charge on any atom is 0.491 e. The highest BCUT2D eigenvalue weighted by Crippen LogP contribution is 2.42. The second-order valence-electron chi connectivity index (χ2n) is 11.0. The Morgan fingerprint density at radius 2 is 1.80 bits per heavy atom. The molecule has 2 amide bonds. The number of anilines is 1. The van der Waals surface area contributed by atoms with Crippen LogP contribution in [0, 0.1) is 0 Å². The standard InChI is InChI=1S/C32H32F3N3O8/c1-18(36-2)27(39)37-26-28(40)38(23-6-4-5-7-25(23)46-31(26)12-14-44-15-13-31)17-22-21-10-8-20(16-19(21)9-11-24(22)43-3)29(41)45-30(42)32(33,34)35/h4-11,16,18,26,36H,12-15,17H2,1-3H3,(H,37,39)/t18-,26+/m0/s1. The number of carbonyl (C=O) groups is 4. The van der Waals surface area contributed by atoms with Gasteiger partial charge in [-0.15, -0.1) is 0 Å². The van der Waals surface area contributed by atoms with E-state index in [1.165, 1.54) is 30.2 Å². The van der Waals surface area contributed by atoms with Gasteiger partial charge in [-0.1, -0.05) is 24.3 Å². The monoisotopic (exact) mass is 643 g/mol. The van der Waals surface area contributed by atoms with Crippen LogP contribution < -0.4 is 25.0 Å². The van der Waals surface area contributed by atoms with Crippen LogP contribution in [0.4, 0.5) is 18.9 Å². The third kappa shape index (κ3) is 6.35. The van der Waals surface area contributed by atoms with Crippen LogP contribution >= 0.6 is 0 Å². The molecule has 1 fully saturated rings. The molecule has 2 aliphatic heterocycles. The molecule has 0 bridgehead atoms. The van der Waals surface area contributed by atoms with E-state index in [-0.39, 0.29) is 12.1 Å². The Kier molecular flexibility index (Phi) is 9.22. The molecule has 46 heavy (non-hydrogen) atoms. The van der Waals surface area contributed by atoms with E-state index in [0.29, 0.717) is 59.6 Å². The molecule has 1 saturated heterocycles. The number of nitrogens with zero attached hydrogens (tertiary/aromatic N) is 1. The molecule has 14 heteroatoms.